The Bertz CT molecular complexity index is 1610. The lowest BCUT2D eigenvalue weighted by Gasteiger charge is -2.24. The van der Waals surface area contributed by atoms with E-state index in [4.69, 9.17) is 25.8 Å². The molecule has 212 valence electrons. The van der Waals surface area contributed by atoms with E-state index in [0.717, 1.165) is 46.3 Å². The summed E-state index contributed by atoms with van der Waals surface area (Å²) in [6.07, 6.45) is 9.87. The van der Waals surface area contributed by atoms with Crippen molar-refractivity contribution in [2.45, 2.75) is 39.2 Å². The fourth-order valence-corrected chi connectivity index (χ4v) is 5.18. The molecular formula is C29H35ClN6O3S. The van der Waals surface area contributed by atoms with Gasteiger partial charge in [0.25, 0.3) is 5.91 Å². The highest BCUT2D eigenvalue weighted by molar-refractivity contribution is 8.28. The molecule has 1 fully saturated rings. The SMILES string of the molecule is Cc1cc2nc(NCCCNC(=O)OS(C)(C)C)c3ncc(-c4ccc(C(=O)NC5CC5)c(Cl)c4)n3c2cc1C. The van der Waals surface area contributed by atoms with Crippen LogP contribution in [0.5, 0.6) is 0 Å². The zero-order chi connectivity index (χ0) is 28.6. The lowest BCUT2D eigenvalue weighted by Crippen LogP contribution is -2.27. The lowest BCUT2D eigenvalue weighted by molar-refractivity contribution is 0.0951. The van der Waals surface area contributed by atoms with Crippen LogP contribution >= 0.6 is 21.9 Å². The second-order valence-corrected chi connectivity index (χ2v) is 15.0. The van der Waals surface area contributed by atoms with Crippen molar-refractivity contribution in [3.05, 3.63) is 58.2 Å². The van der Waals surface area contributed by atoms with E-state index in [1.54, 1.807) is 12.3 Å². The molecule has 0 radical (unpaired) electrons. The van der Waals surface area contributed by atoms with Gasteiger partial charge in [0.05, 0.1) is 33.5 Å². The van der Waals surface area contributed by atoms with Crippen LogP contribution in [0.15, 0.2) is 36.5 Å². The Kier molecular flexibility index (Phi) is 7.83. The number of halogens is 1. The van der Waals surface area contributed by atoms with E-state index in [1.165, 1.54) is 0 Å². The van der Waals surface area contributed by atoms with Crippen LogP contribution < -0.4 is 16.0 Å². The molecule has 1 aliphatic rings. The first-order valence-electron chi connectivity index (χ1n) is 13.3. The number of amides is 2. The molecule has 2 heterocycles. The van der Waals surface area contributed by atoms with Gasteiger partial charge in [0.2, 0.25) is 0 Å². The van der Waals surface area contributed by atoms with Crippen LogP contribution in [-0.2, 0) is 4.18 Å². The van der Waals surface area contributed by atoms with Crippen LogP contribution in [0.3, 0.4) is 0 Å². The molecule has 0 spiro atoms. The highest BCUT2D eigenvalue weighted by atomic mass is 35.5. The summed E-state index contributed by atoms with van der Waals surface area (Å²) in [6.45, 7) is 5.20. The van der Waals surface area contributed by atoms with E-state index in [2.05, 4.69) is 46.3 Å². The molecule has 3 N–H and O–H groups in total. The Labute approximate surface area is 240 Å². The Morgan fingerprint density at radius 1 is 1.10 bits per heavy atom. The van der Waals surface area contributed by atoms with Crippen molar-refractivity contribution >= 4 is 56.4 Å². The van der Waals surface area contributed by atoms with Gasteiger partial charge >= 0.3 is 6.09 Å². The first-order valence-corrected chi connectivity index (χ1v) is 16.4. The van der Waals surface area contributed by atoms with E-state index in [0.29, 0.717) is 41.6 Å². The molecule has 1 saturated carbocycles. The number of nitrogens with one attached hydrogen (secondary N) is 3. The number of rotatable bonds is 9. The first-order chi connectivity index (χ1) is 19.0. The summed E-state index contributed by atoms with van der Waals surface area (Å²) in [5, 5.41) is 9.59. The predicted octanol–water partition coefficient (Wildman–Crippen LogP) is 5.85. The first kappa shape index (κ1) is 28.0. The van der Waals surface area contributed by atoms with Crippen molar-refractivity contribution < 1.29 is 13.8 Å². The third-order valence-corrected chi connectivity index (χ3v) is 7.66. The van der Waals surface area contributed by atoms with Crippen LogP contribution in [0.25, 0.3) is 27.9 Å². The normalized spacial score (nSPS) is 13.8. The number of aromatic nitrogens is 3. The van der Waals surface area contributed by atoms with Gasteiger partial charge in [-0.2, -0.15) is 0 Å². The van der Waals surface area contributed by atoms with Gasteiger partial charge < -0.3 is 20.1 Å². The number of fused-ring (bicyclic) bond motifs is 3. The van der Waals surface area contributed by atoms with Gasteiger partial charge in [-0.15, -0.1) is 0 Å². The summed E-state index contributed by atoms with van der Waals surface area (Å²) in [4.78, 5) is 34.2. The molecule has 2 aromatic carbocycles. The van der Waals surface area contributed by atoms with Crippen molar-refractivity contribution in [2.24, 2.45) is 0 Å². The van der Waals surface area contributed by atoms with Gasteiger partial charge in [0, 0.05) is 24.7 Å². The summed E-state index contributed by atoms with van der Waals surface area (Å²) in [5.74, 6) is 0.502. The Morgan fingerprint density at radius 3 is 2.55 bits per heavy atom. The number of hydrogen-bond donors (Lipinski definition) is 3. The van der Waals surface area contributed by atoms with Crippen LogP contribution in [0.4, 0.5) is 10.6 Å². The maximum absolute atomic E-state index is 12.6. The van der Waals surface area contributed by atoms with Crippen LogP contribution in [0.1, 0.15) is 40.7 Å². The third-order valence-electron chi connectivity index (χ3n) is 6.70. The molecule has 2 amide bonds. The quantitative estimate of drug-likeness (QED) is 0.214. The van der Waals surface area contributed by atoms with Crippen molar-refractivity contribution in [3.63, 3.8) is 0 Å². The molecule has 0 unspecified atom stereocenters. The van der Waals surface area contributed by atoms with E-state index in [-0.39, 0.29) is 11.9 Å². The maximum atomic E-state index is 12.6. The standard InChI is InChI=1S/C29H35ClN6O3S/c1-17-13-23-24(14-18(17)2)36-25(19-7-10-21(22(30)15-19)28(37)34-20-8-9-20)16-33-27(36)26(35-23)31-11-6-12-32-29(38)39-40(3,4)5/h7,10,13-16,20H,6,8-9,11-12H2,1-5H3,(H,31,35)(H,32,38)(H,34,37). The highest BCUT2D eigenvalue weighted by Crippen LogP contribution is 2.36. The van der Waals surface area contributed by atoms with Gasteiger partial charge in [0.1, 0.15) is 0 Å². The van der Waals surface area contributed by atoms with Gasteiger partial charge in [-0.25, -0.2) is 14.8 Å². The average molecular weight is 583 g/mol. The molecule has 5 rings (SSSR count). The fraction of sp³-hybridized carbons (Fsp3) is 0.379. The number of benzene rings is 2. The minimum absolute atomic E-state index is 0.146. The summed E-state index contributed by atoms with van der Waals surface area (Å²) in [6, 6.07) is 9.94. The van der Waals surface area contributed by atoms with Crippen molar-refractivity contribution in [2.75, 3.05) is 37.2 Å². The molecule has 4 aromatic rings. The number of anilines is 1. The molecule has 0 bridgehead atoms. The monoisotopic (exact) mass is 582 g/mol. The summed E-state index contributed by atoms with van der Waals surface area (Å²) in [7, 11) is -1.37. The summed E-state index contributed by atoms with van der Waals surface area (Å²) in [5.41, 5.74) is 6.89. The zero-order valence-corrected chi connectivity index (χ0v) is 25.0. The second kappa shape index (κ2) is 11.2. The topological polar surface area (TPSA) is 110 Å². The number of carbonyl (C=O) groups is 2. The molecule has 0 aliphatic heterocycles. The largest absolute Gasteiger partial charge is 0.417 e. The number of hydrogen-bond acceptors (Lipinski definition) is 6. The minimum atomic E-state index is -1.37. The van der Waals surface area contributed by atoms with Crippen molar-refractivity contribution in [1.82, 2.24) is 25.0 Å². The molecule has 2 aromatic heterocycles. The number of nitrogens with zero attached hydrogens (tertiary/aromatic N) is 3. The Balaban J connectivity index is 1.43. The van der Waals surface area contributed by atoms with Crippen LogP contribution in [0, 0.1) is 13.8 Å². The number of carbonyl (C=O) groups excluding carboxylic acids is 2. The molecule has 1 aliphatic carbocycles. The van der Waals surface area contributed by atoms with Crippen LogP contribution in [-0.4, -0.2) is 64.3 Å². The molecular weight excluding hydrogens is 548 g/mol. The molecule has 11 heteroatoms. The minimum Gasteiger partial charge on any atom is -0.400 e. The fourth-order valence-electron chi connectivity index (χ4n) is 4.40. The second-order valence-electron chi connectivity index (χ2n) is 10.9. The Morgan fingerprint density at radius 2 is 1.85 bits per heavy atom. The molecule has 40 heavy (non-hydrogen) atoms. The highest BCUT2D eigenvalue weighted by Gasteiger charge is 2.25. The van der Waals surface area contributed by atoms with E-state index in [1.807, 2.05) is 30.9 Å². The van der Waals surface area contributed by atoms with E-state index < -0.39 is 16.4 Å². The summed E-state index contributed by atoms with van der Waals surface area (Å²) < 4.78 is 7.46. The predicted molar refractivity (Wildman–Crippen MR) is 164 cm³/mol. The van der Waals surface area contributed by atoms with E-state index >= 15 is 0 Å². The smallest absolute Gasteiger partial charge is 0.400 e. The molecule has 0 saturated heterocycles. The van der Waals surface area contributed by atoms with E-state index in [9.17, 15) is 9.59 Å². The lowest BCUT2D eigenvalue weighted by atomic mass is 10.1. The number of aryl methyl sites for hydroxylation is 2. The third kappa shape index (κ3) is 6.28. The Hall–Kier alpha value is -3.50. The van der Waals surface area contributed by atoms with Crippen molar-refractivity contribution in [3.8, 4) is 11.3 Å². The van der Waals surface area contributed by atoms with Gasteiger partial charge in [-0.1, -0.05) is 28.0 Å². The zero-order valence-electron chi connectivity index (χ0n) is 23.4. The van der Waals surface area contributed by atoms with Crippen LogP contribution in [0.2, 0.25) is 5.02 Å². The average Bonchev–Trinajstić information content (AvgIpc) is 3.57. The maximum Gasteiger partial charge on any atom is 0.417 e. The molecule has 9 nitrogen and oxygen atoms in total. The summed E-state index contributed by atoms with van der Waals surface area (Å²) >= 11 is 6.59. The number of imidazole rings is 1. The van der Waals surface area contributed by atoms with Gasteiger partial charge in [-0.05, 0) is 87.3 Å². The van der Waals surface area contributed by atoms with Gasteiger partial charge in [0.15, 0.2) is 11.5 Å². The van der Waals surface area contributed by atoms with Gasteiger partial charge in [-0.3, -0.25) is 9.20 Å². The molecule has 0 atom stereocenters. The van der Waals surface area contributed by atoms with Crippen molar-refractivity contribution in [1.29, 1.82) is 0 Å².